The first-order valence-corrected chi connectivity index (χ1v) is 13.2. The third-order valence-electron chi connectivity index (χ3n) is 6.50. The number of fused-ring (bicyclic) bond motifs is 2. The lowest BCUT2D eigenvalue weighted by Gasteiger charge is -2.43. The minimum atomic E-state index is -3.70. The number of likely N-dealkylation sites (tertiary alicyclic amines) is 1. The van der Waals surface area contributed by atoms with Crippen molar-refractivity contribution in [1.29, 1.82) is 0 Å². The van der Waals surface area contributed by atoms with E-state index in [1.54, 1.807) is 64.3 Å². The number of hydrogen-bond acceptors (Lipinski definition) is 6. The first kappa shape index (κ1) is 24.3. The van der Waals surface area contributed by atoms with Gasteiger partial charge in [0.1, 0.15) is 11.2 Å². The Bertz CT molecular complexity index is 1410. The Labute approximate surface area is 209 Å². The maximum absolute atomic E-state index is 13.2. The van der Waals surface area contributed by atoms with Gasteiger partial charge in [0, 0.05) is 50.7 Å². The summed E-state index contributed by atoms with van der Waals surface area (Å²) in [5.74, 6) is -0.118. The number of carbonyl (C=O) groups excluding carboxylic acids is 2. The fourth-order valence-electron chi connectivity index (χ4n) is 4.59. The van der Waals surface area contributed by atoms with Gasteiger partial charge in [0.05, 0.1) is 16.5 Å². The molecule has 10 nitrogen and oxygen atoms in total. The van der Waals surface area contributed by atoms with E-state index in [2.05, 4.69) is 10.3 Å². The molecule has 2 unspecified atom stereocenters. The van der Waals surface area contributed by atoms with Crippen LogP contribution in [0.1, 0.15) is 36.7 Å². The molecule has 190 valence electrons. The van der Waals surface area contributed by atoms with Gasteiger partial charge in [0.25, 0.3) is 5.91 Å². The van der Waals surface area contributed by atoms with Gasteiger partial charge in [0.2, 0.25) is 10.0 Å². The third-order valence-corrected chi connectivity index (χ3v) is 8.34. The number of aromatic nitrogens is 2. The third kappa shape index (κ3) is 4.68. The van der Waals surface area contributed by atoms with E-state index < -0.39 is 21.7 Å². The summed E-state index contributed by atoms with van der Waals surface area (Å²) in [4.78, 5) is 30.9. The lowest BCUT2D eigenvalue weighted by molar-refractivity contribution is -0.0164. The number of nitrogens with one attached hydrogen (secondary N) is 1. The topological polar surface area (TPSA) is 113 Å². The molecule has 36 heavy (non-hydrogen) atoms. The van der Waals surface area contributed by atoms with Gasteiger partial charge in [-0.25, -0.2) is 18.2 Å². The lowest BCUT2D eigenvalue weighted by Crippen LogP contribution is -2.59. The zero-order valence-corrected chi connectivity index (χ0v) is 21.2. The number of rotatable bonds is 5. The van der Waals surface area contributed by atoms with Gasteiger partial charge < -0.3 is 19.4 Å². The molecule has 3 aromatic rings. The van der Waals surface area contributed by atoms with Crippen molar-refractivity contribution >= 4 is 27.7 Å². The maximum atomic E-state index is 13.2. The second-order valence-electron chi connectivity index (χ2n) is 10.2. The average Bonchev–Trinajstić information content (AvgIpc) is 3.41. The second kappa shape index (κ2) is 8.90. The van der Waals surface area contributed by atoms with Crippen LogP contribution in [0.25, 0.3) is 5.65 Å². The molecule has 0 aliphatic carbocycles. The average molecular weight is 512 g/mol. The Balaban J connectivity index is 1.19. The molecule has 4 heterocycles. The summed E-state index contributed by atoms with van der Waals surface area (Å²) in [6, 6.07) is 9.83. The molecule has 2 aromatic heterocycles. The Hall–Kier alpha value is -3.44. The molecular formula is C25H29N5O5S. The summed E-state index contributed by atoms with van der Waals surface area (Å²) < 4.78 is 35.1. The van der Waals surface area contributed by atoms with Gasteiger partial charge >= 0.3 is 6.09 Å². The predicted octanol–water partition coefficient (Wildman–Crippen LogP) is 2.50. The van der Waals surface area contributed by atoms with Crippen molar-refractivity contribution in [2.24, 2.45) is 5.92 Å². The number of carbonyl (C=O) groups is 2. The number of benzene rings is 1. The molecule has 5 rings (SSSR count). The Morgan fingerprint density at radius 3 is 2.56 bits per heavy atom. The number of amides is 2. The number of imidazole rings is 1. The molecule has 0 radical (unpaired) electrons. The number of nitrogens with zero attached hydrogens (tertiary/aromatic N) is 4. The highest BCUT2D eigenvalue weighted by Crippen LogP contribution is 2.36. The largest absolute Gasteiger partial charge is 0.444 e. The standard InChI is InChI=1S/C25H29N5O5S/c1-25(2,3)35-24(32)30-15-19-14-29(16-21(19)30)36(33,34)20-7-4-17(5-8-20)12-27-23(31)18-6-9-22-26-10-11-28(22)13-18/h4-11,13,19,21H,12,14-16H2,1-3H3,(H,27,31). The van der Waals surface area contributed by atoms with E-state index in [-0.39, 0.29) is 35.9 Å². The van der Waals surface area contributed by atoms with Crippen LogP contribution in [0, 0.1) is 5.92 Å². The highest BCUT2D eigenvalue weighted by molar-refractivity contribution is 7.89. The van der Waals surface area contributed by atoms with Gasteiger partial charge in [-0.2, -0.15) is 4.31 Å². The summed E-state index contributed by atoms with van der Waals surface area (Å²) in [7, 11) is -3.70. The molecule has 2 atom stereocenters. The number of sulfonamides is 1. The van der Waals surface area contributed by atoms with Gasteiger partial charge in [-0.1, -0.05) is 12.1 Å². The molecule has 2 aliphatic rings. The molecule has 1 N–H and O–H groups in total. The number of hydrogen-bond donors (Lipinski definition) is 1. The van der Waals surface area contributed by atoms with Crippen LogP contribution >= 0.6 is 0 Å². The molecule has 0 saturated carbocycles. The highest BCUT2D eigenvalue weighted by atomic mass is 32.2. The summed E-state index contributed by atoms with van der Waals surface area (Å²) in [6.07, 6.45) is 4.74. The minimum absolute atomic E-state index is 0.114. The van der Waals surface area contributed by atoms with Crippen molar-refractivity contribution in [2.75, 3.05) is 19.6 Å². The smallest absolute Gasteiger partial charge is 0.410 e. The predicted molar refractivity (Wildman–Crippen MR) is 132 cm³/mol. The Kier molecular flexibility index (Phi) is 6.00. The van der Waals surface area contributed by atoms with Gasteiger partial charge in [0.15, 0.2) is 0 Å². The molecule has 0 spiro atoms. The zero-order chi connectivity index (χ0) is 25.7. The minimum Gasteiger partial charge on any atom is -0.444 e. The quantitative estimate of drug-likeness (QED) is 0.563. The number of ether oxygens (including phenoxy) is 1. The zero-order valence-electron chi connectivity index (χ0n) is 20.4. The maximum Gasteiger partial charge on any atom is 0.410 e. The fraction of sp³-hybridized carbons (Fsp3) is 0.400. The van der Waals surface area contributed by atoms with Gasteiger partial charge in [-0.05, 0) is 50.6 Å². The Morgan fingerprint density at radius 1 is 1.08 bits per heavy atom. The molecule has 1 aromatic carbocycles. The van der Waals surface area contributed by atoms with E-state index in [0.717, 1.165) is 11.2 Å². The van der Waals surface area contributed by atoms with E-state index in [9.17, 15) is 18.0 Å². The van der Waals surface area contributed by atoms with E-state index in [0.29, 0.717) is 18.7 Å². The monoisotopic (exact) mass is 511 g/mol. The summed E-state index contributed by atoms with van der Waals surface area (Å²) in [5, 5.41) is 2.85. The lowest BCUT2D eigenvalue weighted by atomic mass is 9.93. The molecule has 2 saturated heterocycles. The molecule has 2 fully saturated rings. The first-order valence-electron chi connectivity index (χ1n) is 11.8. The van der Waals surface area contributed by atoms with Crippen LogP contribution in [0.5, 0.6) is 0 Å². The van der Waals surface area contributed by atoms with Crippen LogP contribution in [0.4, 0.5) is 4.79 Å². The van der Waals surface area contributed by atoms with Crippen molar-refractivity contribution < 1.29 is 22.7 Å². The van der Waals surface area contributed by atoms with Crippen LogP contribution < -0.4 is 5.32 Å². The Morgan fingerprint density at radius 2 is 1.83 bits per heavy atom. The normalized spacial score (nSPS) is 20.1. The van der Waals surface area contributed by atoms with Gasteiger partial charge in [-0.15, -0.1) is 0 Å². The highest BCUT2D eigenvalue weighted by Gasteiger charge is 2.51. The summed E-state index contributed by atoms with van der Waals surface area (Å²) >= 11 is 0. The summed E-state index contributed by atoms with van der Waals surface area (Å²) in [5.41, 5.74) is 1.45. The van der Waals surface area contributed by atoms with Gasteiger partial charge in [-0.3, -0.25) is 4.79 Å². The molecule has 2 amide bonds. The van der Waals surface area contributed by atoms with Crippen molar-refractivity contribution in [3.05, 3.63) is 66.1 Å². The molecule has 2 aliphatic heterocycles. The van der Waals surface area contributed by atoms with Crippen molar-refractivity contribution in [3.8, 4) is 0 Å². The SMILES string of the molecule is CC(C)(C)OC(=O)N1CC2CN(S(=O)(=O)c3ccc(CNC(=O)c4ccc5nccn5c4)cc3)CC21. The molecular weight excluding hydrogens is 482 g/mol. The number of pyridine rings is 1. The van der Waals surface area contributed by atoms with Crippen molar-refractivity contribution in [1.82, 2.24) is 23.9 Å². The van der Waals surface area contributed by atoms with Crippen molar-refractivity contribution in [3.63, 3.8) is 0 Å². The molecule has 0 bridgehead atoms. The van der Waals surface area contributed by atoms with Crippen LogP contribution in [-0.2, 0) is 21.3 Å². The van der Waals surface area contributed by atoms with Crippen LogP contribution in [0.3, 0.4) is 0 Å². The van der Waals surface area contributed by atoms with Crippen LogP contribution in [0.15, 0.2) is 59.9 Å². The van der Waals surface area contributed by atoms with Crippen LogP contribution in [-0.4, -0.2) is 70.3 Å². The van der Waals surface area contributed by atoms with Crippen LogP contribution in [0.2, 0.25) is 0 Å². The molecule has 11 heteroatoms. The van der Waals surface area contributed by atoms with Crippen molar-refractivity contribution in [2.45, 2.75) is 43.9 Å². The fourth-order valence-corrected chi connectivity index (χ4v) is 6.11. The van der Waals surface area contributed by atoms with E-state index >= 15 is 0 Å². The van der Waals surface area contributed by atoms with E-state index in [1.807, 2.05) is 20.8 Å². The second-order valence-corrected chi connectivity index (χ2v) is 12.2. The summed E-state index contributed by atoms with van der Waals surface area (Å²) in [6.45, 7) is 6.82. The first-order chi connectivity index (χ1) is 17.0. The van der Waals surface area contributed by atoms with E-state index in [4.69, 9.17) is 4.74 Å². The van der Waals surface area contributed by atoms with E-state index in [1.165, 1.54) is 4.31 Å².